The Hall–Kier alpha value is 2.30. The predicted octanol–water partition coefficient (Wildman–Crippen LogP) is -18.5. The van der Waals surface area contributed by atoms with E-state index in [1.165, 1.54) is 0 Å². The van der Waals surface area contributed by atoms with E-state index in [1.807, 2.05) is 0 Å². The van der Waals surface area contributed by atoms with Gasteiger partial charge in [-0.1, -0.05) is 0 Å². The Labute approximate surface area is 169 Å². The molecule has 0 aliphatic carbocycles. The van der Waals surface area contributed by atoms with Gasteiger partial charge in [0.25, 0.3) is 0 Å². The third kappa shape index (κ3) is 722. The monoisotopic (exact) mass is 353 g/mol. The molecule has 0 unspecified atom stereocenters. The summed E-state index contributed by atoms with van der Waals surface area (Å²) in [6, 6.07) is 0. The summed E-state index contributed by atoms with van der Waals surface area (Å²) in [7, 11) is -7.26. The maximum absolute atomic E-state index is 8.52. The molecule has 1 radical (unpaired) electrons. The fraction of sp³-hybridized carbons (Fsp3) is 0. The number of rotatable bonds is 0. The first-order chi connectivity index (χ1) is 3.46. The van der Waals surface area contributed by atoms with Crippen LogP contribution in [0.15, 0.2) is 0 Å². The number of hydrogen-bond donors (Lipinski definition) is 0. The summed E-state index contributed by atoms with van der Waals surface area (Å²) in [5.74, 6) is 0. The molecule has 0 saturated carbocycles. The smallest absolute Gasteiger partial charge is 1.00 e. The largest absolute Gasteiger partial charge is 3.00 e. The molecule has 16 heavy (non-hydrogen) atoms. The maximum Gasteiger partial charge on any atom is 3.00 e. The Morgan fingerprint density at radius 2 is 0.750 bits per heavy atom. The van der Waals surface area contributed by atoms with Crippen molar-refractivity contribution < 1.29 is 136 Å². The third-order valence-corrected chi connectivity index (χ3v) is 0. The minimum atomic E-state index is -3.63. The second kappa shape index (κ2) is 66.7. The molecule has 0 aliphatic heterocycles. The molecule has 0 rings (SSSR count). The van der Waals surface area contributed by atoms with E-state index in [0.29, 0.717) is 0 Å². The van der Waals surface area contributed by atoms with Crippen LogP contribution in [0.5, 0.6) is 0 Å². The Morgan fingerprint density at radius 3 is 0.750 bits per heavy atom. The summed E-state index contributed by atoms with van der Waals surface area (Å²) < 4.78 is 17.0. The molecule has 0 fully saturated rings. The van der Waals surface area contributed by atoms with Crippen molar-refractivity contribution in [3.63, 3.8) is 0 Å². The zero-order chi connectivity index (χ0) is 7.15. The van der Waals surface area contributed by atoms with Gasteiger partial charge in [0.15, 0.2) is 0 Å². The Bertz CT molecular complexity index is 94.0. The van der Waals surface area contributed by atoms with Crippen LogP contribution in [0, 0.1) is 0 Å². The van der Waals surface area contributed by atoms with Crippen LogP contribution in [0.25, 0.3) is 0 Å². The van der Waals surface area contributed by atoms with Crippen LogP contribution in [-0.4, -0.2) is 46.7 Å². The summed E-state index contributed by atoms with van der Waals surface area (Å²) in [6.07, 6.45) is 0. The van der Waals surface area contributed by atoms with Crippen molar-refractivity contribution in [1.82, 2.24) is 0 Å². The molecule has 2 N–H and O–H groups in total. The topological polar surface area (TPSA) is 186 Å². The summed E-state index contributed by atoms with van der Waals surface area (Å²) in [4.78, 5) is 34.1. The van der Waals surface area contributed by atoms with Crippen molar-refractivity contribution in [2.24, 2.45) is 0 Å². The molecule has 0 atom stereocenters. The summed E-state index contributed by atoms with van der Waals surface area (Å²) >= 11 is 0. The van der Waals surface area contributed by atoms with Crippen LogP contribution in [0.4, 0.5) is 0 Å². The Kier molecular flexibility index (Phi) is 332. The van der Waals surface area contributed by atoms with Gasteiger partial charge >= 0.3 is 105 Å². The van der Waals surface area contributed by atoms with E-state index in [-0.39, 0.29) is 125 Å². The van der Waals surface area contributed by atoms with E-state index in [9.17, 15) is 0 Å². The number of halogens is 2. The van der Waals surface area contributed by atoms with Crippen LogP contribution >= 0.6 is 0 Å². The third-order valence-electron chi connectivity index (χ3n) is 0. The van der Waals surface area contributed by atoms with E-state index >= 15 is 0 Å². The van der Waals surface area contributed by atoms with Crippen LogP contribution in [-0.2, 0) is 26.0 Å². The molecule has 85 valence electrons. The fourth-order valence-electron chi connectivity index (χ4n) is 0. The van der Waals surface area contributed by atoms with Crippen molar-refractivity contribution >= 4 is 35.7 Å². The molecule has 0 aromatic heterocycles. The SMILES string of the molecule is O=[Si]([O-])[O-].O=[Si]([O-])[O-].[Al+3].[F-].[F-].[Fe+3].[K+].[Li+].[OH-].[OH-]. The predicted molar refractivity (Wildman–Crippen MR) is 22.5 cm³/mol. The van der Waals surface area contributed by atoms with Crippen molar-refractivity contribution in [2.75, 3.05) is 0 Å². The minimum Gasteiger partial charge on any atom is -1.00 e. The summed E-state index contributed by atoms with van der Waals surface area (Å²) in [6.45, 7) is 0. The van der Waals surface area contributed by atoms with Gasteiger partial charge in [0.05, 0.1) is 0 Å². The molecule has 16 heteroatoms. The minimum absolute atomic E-state index is 0. The van der Waals surface area contributed by atoms with Gasteiger partial charge in [-0.2, -0.15) is 0 Å². The quantitative estimate of drug-likeness (QED) is 0.384. The zero-order valence-electron chi connectivity index (χ0n) is 8.03. The first kappa shape index (κ1) is 79.5. The van der Waals surface area contributed by atoms with Gasteiger partial charge in [0.2, 0.25) is 0 Å². The fourth-order valence-corrected chi connectivity index (χ4v) is 0. The molecule has 0 aromatic rings. The Morgan fingerprint density at radius 1 is 0.750 bits per heavy atom. The normalized spacial score (nSPS) is 3.00. The molecular formula is H2AlF2FeKLiO8Si2. The van der Waals surface area contributed by atoms with Gasteiger partial charge in [-0.25, -0.2) is 0 Å². The van der Waals surface area contributed by atoms with E-state index in [0.717, 1.165) is 0 Å². The van der Waals surface area contributed by atoms with Gasteiger partial charge < -0.3 is 48.5 Å². The summed E-state index contributed by atoms with van der Waals surface area (Å²) in [5, 5.41) is 0. The van der Waals surface area contributed by atoms with Crippen LogP contribution < -0.4 is 98.8 Å². The zero-order valence-corrected chi connectivity index (χ0v) is 15.4. The van der Waals surface area contributed by atoms with Crippen molar-refractivity contribution in [1.29, 1.82) is 0 Å². The molecule has 0 aromatic carbocycles. The van der Waals surface area contributed by atoms with Gasteiger partial charge in [0.1, 0.15) is 0 Å². The van der Waals surface area contributed by atoms with Gasteiger partial charge in [0, 0.05) is 18.3 Å². The van der Waals surface area contributed by atoms with E-state index in [1.54, 1.807) is 0 Å². The first-order valence-electron chi connectivity index (χ1n) is 1.22. The molecule has 8 nitrogen and oxygen atoms in total. The molecule has 0 bridgehead atoms. The maximum atomic E-state index is 8.52. The molecular weight excluding hydrogens is 351 g/mol. The van der Waals surface area contributed by atoms with Crippen molar-refractivity contribution in [3.05, 3.63) is 0 Å². The Balaban J connectivity index is -0.00000000375. The van der Waals surface area contributed by atoms with Gasteiger partial charge in [-0.15, -0.1) is 0 Å². The van der Waals surface area contributed by atoms with Gasteiger partial charge in [-0.05, 0) is 0 Å². The van der Waals surface area contributed by atoms with Crippen LogP contribution in [0.3, 0.4) is 0 Å². The number of hydrogen-bond acceptors (Lipinski definition) is 8. The summed E-state index contributed by atoms with van der Waals surface area (Å²) in [5.41, 5.74) is 0. The van der Waals surface area contributed by atoms with E-state index in [2.05, 4.69) is 0 Å². The van der Waals surface area contributed by atoms with Crippen LogP contribution in [0.2, 0.25) is 0 Å². The molecule has 0 aliphatic rings. The molecule has 0 amide bonds. The molecule has 0 saturated heterocycles. The standard InChI is InChI=1S/Al.2FH.Fe.K.Li.2O3Si.2H2O/c;;;;;;2*1-4(2)3;;/h;2*1H;;;;;;2*1H2/q+3;;;+3;2*+1;2*-2;;/p-4. The average molecular weight is 353 g/mol. The second-order valence-electron chi connectivity index (χ2n) is 0.500. The molecule has 0 spiro atoms. The van der Waals surface area contributed by atoms with Crippen molar-refractivity contribution in [2.45, 2.75) is 0 Å². The van der Waals surface area contributed by atoms with Gasteiger partial charge in [-0.3, -0.25) is 0 Å². The molecule has 0 heterocycles. The van der Waals surface area contributed by atoms with E-state index in [4.69, 9.17) is 28.1 Å². The van der Waals surface area contributed by atoms with E-state index < -0.39 is 18.3 Å². The first-order valence-corrected chi connectivity index (χ1v) is 3.67. The average Bonchev–Trinajstić information content (AvgIpc) is 1.25. The van der Waals surface area contributed by atoms with Crippen LogP contribution in [0.1, 0.15) is 0 Å². The second-order valence-corrected chi connectivity index (χ2v) is 1.50. The van der Waals surface area contributed by atoms with Crippen molar-refractivity contribution in [3.8, 4) is 0 Å².